The Kier molecular flexibility index (Phi) is 5.16. The van der Waals surface area contributed by atoms with Gasteiger partial charge in [0.2, 0.25) is 0 Å². The quantitative estimate of drug-likeness (QED) is 0.551. The van der Waals surface area contributed by atoms with E-state index in [9.17, 15) is 0 Å². The van der Waals surface area contributed by atoms with Gasteiger partial charge in [0, 0.05) is 4.87 Å². The molecule has 1 atom stereocenters. The highest BCUT2D eigenvalue weighted by molar-refractivity contribution is 6.23. The summed E-state index contributed by atoms with van der Waals surface area (Å²) in [5.74, 6) is 0.845. The van der Waals surface area contributed by atoms with Gasteiger partial charge in [-0.15, -0.1) is 11.6 Å². The average Bonchev–Trinajstić information content (AvgIpc) is 1.83. The molecule has 0 aromatic rings. The van der Waals surface area contributed by atoms with E-state index in [2.05, 4.69) is 27.7 Å². The van der Waals surface area contributed by atoms with Crippen molar-refractivity contribution in [2.24, 2.45) is 5.92 Å². The number of hydrogen-bond donors (Lipinski definition) is 0. The molecule has 0 aliphatic rings. The van der Waals surface area contributed by atoms with Crippen LogP contribution in [0.5, 0.6) is 0 Å². The third-order valence-corrected chi connectivity index (χ3v) is 2.20. The first-order chi connectivity index (χ1) is 4.95. The molecule has 0 N–H and O–H groups in total. The average molecular weight is 177 g/mol. The minimum atomic E-state index is 0.00199. The van der Waals surface area contributed by atoms with Crippen LogP contribution in [0, 0.1) is 5.92 Å². The third kappa shape index (κ3) is 8.19. The molecule has 0 rings (SSSR count). The zero-order valence-corrected chi connectivity index (χ0v) is 9.04. The Morgan fingerprint density at radius 2 is 1.82 bits per heavy atom. The predicted molar refractivity (Wildman–Crippen MR) is 53.2 cm³/mol. The third-order valence-electron chi connectivity index (χ3n) is 2.01. The molecule has 11 heavy (non-hydrogen) atoms. The summed E-state index contributed by atoms with van der Waals surface area (Å²) >= 11 is 6.08. The molecule has 0 spiro atoms. The summed E-state index contributed by atoms with van der Waals surface area (Å²) < 4.78 is 0. The zero-order chi connectivity index (χ0) is 8.91. The van der Waals surface area contributed by atoms with E-state index in [4.69, 9.17) is 11.6 Å². The lowest BCUT2D eigenvalue weighted by molar-refractivity contribution is 0.438. The van der Waals surface area contributed by atoms with E-state index in [1.54, 1.807) is 0 Å². The Balaban J connectivity index is 3.38. The van der Waals surface area contributed by atoms with Crippen molar-refractivity contribution in [3.05, 3.63) is 0 Å². The Morgan fingerprint density at radius 1 is 1.27 bits per heavy atom. The van der Waals surface area contributed by atoms with E-state index < -0.39 is 0 Å². The van der Waals surface area contributed by atoms with Crippen LogP contribution in [-0.2, 0) is 0 Å². The lowest BCUT2D eigenvalue weighted by Gasteiger charge is -2.18. The maximum Gasteiger partial charge on any atom is 0.0390 e. The van der Waals surface area contributed by atoms with Gasteiger partial charge < -0.3 is 0 Å². The van der Waals surface area contributed by atoms with Crippen LogP contribution >= 0.6 is 11.6 Å². The molecule has 68 valence electrons. The van der Waals surface area contributed by atoms with Crippen LogP contribution in [0.1, 0.15) is 53.4 Å². The van der Waals surface area contributed by atoms with Gasteiger partial charge in [-0.3, -0.25) is 0 Å². The maximum absolute atomic E-state index is 6.08. The van der Waals surface area contributed by atoms with E-state index in [1.807, 2.05) is 0 Å². The standard InChI is InChI=1S/C10H21Cl/c1-5-6-9(2)7-8-10(3,4)11/h9H,5-8H2,1-4H3. The highest BCUT2D eigenvalue weighted by Gasteiger charge is 2.14. The Bertz CT molecular complexity index is 91.5. The first kappa shape index (κ1) is 11.3. The number of halogens is 1. The summed E-state index contributed by atoms with van der Waals surface area (Å²) in [5, 5.41) is 0. The van der Waals surface area contributed by atoms with Gasteiger partial charge in [0.15, 0.2) is 0 Å². The van der Waals surface area contributed by atoms with Crippen molar-refractivity contribution in [2.45, 2.75) is 58.3 Å². The minimum Gasteiger partial charge on any atom is -0.120 e. The van der Waals surface area contributed by atoms with E-state index in [0.717, 1.165) is 12.3 Å². The van der Waals surface area contributed by atoms with Crippen molar-refractivity contribution in [3.63, 3.8) is 0 Å². The Labute approximate surface area is 76.3 Å². The van der Waals surface area contributed by atoms with Crippen LogP contribution in [0.4, 0.5) is 0 Å². The molecule has 0 aromatic carbocycles. The molecule has 0 aliphatic heterocycles. The molecule has 0 fully saturated rings. The molecule has 0 saturated heterocycles. The zero-order valence-electron chi connectivity index (χ0n) is 8.28. The lowest BCUT2D eigenvalue weighted by atomic mass is 9.95. The molecular formula is C10H21Cl. The topological polar surface area (TPSA) is 0 Å². The summed E-state index contributed by atoms with van der Waals surface area (Å²) in [6, 6.07) is 0. The molecule has 0 heterocycles. The van der Waals surface area contributed by atoms with E-state index in [0.29, 0.717) is 0 Å². The van der Waals surface area contributed by atoms with Crippen molar-refractivity contribution in [1.82, 2.24) is 0 Å². The predicted octanol–water partition coefficient (Wildman–Crippen LogP) is 4.22. The fourth-order valence-electron chi connectivity index (χ4n) is 1.23. The van der Waals surface area contributed by atoms with Crippen LogP contribution in [0.25, 0.3) is 0 Å². The van der Waals surface area contributed by atoms with Gasteiger partial charge in [-0.1, -0.05) is 26.7 Å². The van der Waals surface area contributed by atoms with Crippen LogP contribution in [0.3, 0.4) is 0 Å². The molecule has 0 amide bonds. The van der Waals surface area contributed by atoms with Gasteiger partial charge in [0.05, 0.1) is 0 Å². The summed E-state index contributed by atoms with van der Waals surface area (Å²) in [7, 11) is 0. The maximum atomic E-state index is 6.08. The normalized spacial score (nSPS) is 15.0. The SMILES string of the molecule is CCCC(C)CCC(C)(C)Cl. The van der Waals surface area contributed by atoms with Crippen molar-refractivity contribution in [3.8, 4) is 0 Å². The fourth-order valence-corrected chi connectivity index (χ4v) is 1.34. The van der Waals surface area contributed by atoms with Crippen LogP contribution in [-0.4, -0.2) is 4.87 Å². The number of alkyl halides is 1. The number of hydrogen-bond acceptors (Lipinski definition) is 0. The summed E-state index contributed by atoms with van der Waals surface area (Å²) in [5.41, 5.74) is 0. The largest absolute Gasteiger partial charge is 0.120 e. The van der Waals surface area contributed by atoms with Gasteiger partial charge >= 0.3 is 0 Å². The summed E-state index contributed by atoms with van der Waals surface area (Å²) in [4.78, 5) is 0.00199. The number of rotatable bonds is 5. The summed E-state index contributed by atoms with van der Waals surface area (Å²) in [6.07, 6.45) is 5.04. The Morgan fingerprint density at radius 3 is 2.18 bits per heavy atom. The van der Waals surface area contributed by atoms with Crippen molar-refractivity contribution in [2.75, 3.05) is 0 Å². The van der Waals surface area contributed by atoms with Crippen LogP contribution in [0.2, 0.25) is 0 Å². The minimum absolute atomic E-state index is 0.00199. The second-order valence-electron chi connectivity index (χ2n) is 4.15. The highest BCUT2D eigenvalue weighted by atomic mass is 35.5. The molecule has 1 heteroatoms. The monoisotopic (exact) mass is 176 g/mol. The Hall–Kier alpha value is 0.290. The molecular weight excluding hydrogens is 156 g/mol. The molecule has 0 nitrogen and oxygen atoms in total. The van der Waals surface area contributed by atoms with Gasteiger partial charge in [-0.2, -0.15) is 0 Å². The fraction of sp³-hybridized carbons (Fsp3) is 1.00. The van der Waals surface area contributed by atoms with Gasteiger partial charge in [0.25, 0.3) is 0 Å². The highest BCUT2D eigenvalue weighted by Crippen LogP contribution is 2.23. The van der Waals surface area contributed by atoms with Crippen molar-refractivity contribution < 1.29 is 0 Å². The van der Waals surface area contributed by atoms with Gasteiger partial charge in [-0.05, 0) is 32.6 Å². The summed E-state index contributed by atoms with van der Waals surface area (Å²) in [6.45, 7) is 8.73. The van der Waals surface area contributed by atoms with E-state index in [1.165, 1.54) is 19.3 Å². The van der Waals surface area contributed by atoms with Crippen LogP contribution < -0.4 is 0 Å². The first-order valence-electron chi connectivity index (χ1n) is 4.64. The molecule has 1 unspecified atom stereocenters. The lowest BCUT2D eigenvalue weighted by Crippen LogP contribution is -2.11. The second-order valence-corrected chi connectivity index (χ2v) is 5.17. The van der Waals surface area contributed by atoms with Gasteiger partial charge in [0.1, 0.15) is 0 Å². The molecule has 0 bridgehead atoms. The molecule has 0 radical (unpaired) electrons. The molecule has 0 saturated carbocycles. The molecule has 0 aromatic heterocycles. The smallest absolute Gasteiger partial charge is 0.0390 e. The van der Waals surface area contributed by atoms with Crippen molar-refractivity contribution >= 4 is 11.6 Å². The van der Waals surface area contributed by atoms with Crippen LogP contribution in [0.15, 0.2) is 0 Å². The van der Waals surface area contributed by atoms with E-state index >= 15 is 0 Å². The first-order valence-corrected chi connectivity index (χ1v) is 5.02. The van der Waals surface area contributed by atoms with Gasteiger partial charge in [-0.25, -0.2) is 0 Å². The van der Waals surface area contributed by atoms with Crippen molar-refractivity contribution in [1.29, 1.82) is 0 Å². The molecule has 0 aliphatic carbocycles. The second kappa shape index (κ2) is 5.03. The van der Waals surface area contributed by atoms with E-state index in [-0.39, 0.29) is 4.87 Å².